The molecule has 1 aromatic carbocycles. The number of hydrogen-bond acceptors (Lipinski definition) is 16. The average molecular weight is 855 g/mol. The van der Waals surface area contributed by atoms with Gasteiger partial charge in [-0.25, -0.2) is 10.1 Å². The van der Waals surface area contributed by atoms with E-state index < -0.39 is 59.3 Å². The van der Waals surface area contributed by atoms with Crippen LogP contribution in [0.25, 0.3) is 0 Å². The summed E-state index contributed by atoms with van der Waals surface area (Å²) < 4.78 is 51.2. The van der Waals surface area contributed by atoms with Gasteiger partial charge in [-0.1, -0.05) is 55.4 Å². The van der Waals surface area contributed by atoms with Gasteiger partial charge >= 0.3 is 0 Å². The van der Waals surface area contributed by atoms with Crippen LogP contribution in [0.5, 0.6) is 11.5 Å². The van der Waals surface area contributed by atoms with Crippen LogP contribution < -0.4 is 20.5 Å². The van der Waals surface area contributed by atoms with E-state index in [1.165, 1.54) is 45.2 Å². The Labute approximate surface area is 349 Å². The molecular weight excluding hydrogens is 791 g/mol. The number of carbonyl (C=O) groups is 3. The summed E-state index contributed by atoms with van der Waals surface area (Å²) in [6.07, 6.45) is -0.275. The van der Waals surface area contributed by atoms with Crippen LogP contribution in [0.4, 0.5) is 0 Å². The van der Waals surface area contributed by atoms with Gasteiger partial charge in [0.05, 0.1) is 39.1 Å². The molecule has 1 fully saturated rings. The maximum atomic E-state index is 13.5. The zero-order valence-electron chi connectivity index (χ0n) is 35.7. The van der Waals surface area contributed by atoms with Gasteiger partial charge in [-0.3, -0.25) is 19.3 Å². The highest BCUT2D eigenvalue weighted by atomic mass is 32.2. The first-order valence-electron chi connectivity index (χ1n) is 19.3. The number of rotatable bonds is 23. The second-order valence-corrected chi connectivity index (χ2v) is 19.2. The molecule has 0 aromatic heterocycles. The molecule has 2 aliphatic heterocycles. The Balaban J connectivity index is 1.48. The summed E-state index contributed by atoms with van der Waals surface area (Å²) in [5.41, 5.74) is 5.44. The Morgan fingerprint density at radius 1 is 0.949 bits per heavy atom. The quantitative estimate of drug-likeness (QED) is 0.0453. The van der Waals surface area contributed by atoms with Gasteiger partial charge < -0.3 is 58.6 Å². The maximum Gasteiger partial charge on any atom is 0.253 e. The first-order chi connectivity index (χ1) is 27.2. The maximum absolute atomic E-state index is 13.5. The normalized spacial score (nSPS) is 21.2. The van der Waals surface area contributed by atoms with E-state index in [0.29, 0.717) is 45.1 Å². The molecule has 2 unspecified atom stereocenters. The Bertz CT molecular complexity index is 1680. The summed E-state index contributed by atoms with van der Waals surface area (Å²) in [5, 5.41) is 31.1. The predicted octanol–water partition coefficient (Wildman–Crippen LogP) is 1.57. The first kappa shape index (κ1) is 49.7. The lowest BCUT2D eigenvalue weighted by Gasteiger charge is -2.36. The van der Waals surface area contributed by atoms with Crippen molar-refractivity contribution >= 4 is 29.1 Å². The van der Waals surface area contributed by atoms with Gasteiger partial charge in [-0.05, 0) is 30.0 Å². The third-order valence-electron chi connectivity index (χ3n) is 9.42. The van der Waals surface area contributed by atoms with E-state index in [2.05, 4.69) is 0 Å². The van der Waals surface area contributed by atoms with Gasteiger partial charge in [-0.15, -0.1) is 0 Å². The first-order valence-corrected chi connectivity index (χ1v) is 20.3. The van der Waals surface area contributed by atoms with E-state index in [0.717, 1.165) is 0 Å². The second-order valence-electron chi connectivity index (χ2n) is 18.6. The fourth-order valence-electron chi connectivity index (χ4n) is 6.86. The van der Waals surface area contributed by atoms with Crippen LogP contribution in [-0.4, -0.2) is 141 Å². The smallest absolute Gasteiger partial charge is 0.253 e. The number of amides is 3. The van der Waals surface area contributed by atoms with Gasteiger partial charge in [0, 0.05) is 79.0 Å². The Morgan fingerprint density at radius 3 is 2.08 bits per heavy atom. The minimum absolute atomic E-state index is 0.0958. The highest BCUT2D eigenvalue weighted by Crippen LogP contribution is 2.34. The fourth-order valence-corrected chi connectivity index (χ4v) is 7.13. The van der Waals surface area contributed by atoms with Crippen LogP contribution in [0.2, 0.25) is 0 Å². The van der Waals surface area contributed by atoms with E-state index in [1.54, 1.807) is 13.2 Å². The molecule has 59 heavy (non-hydrogen) atoms. The minimum atomic E-state index is -3.02. The van der Waals surface area contributed by atoms with E-state index >= 15 is 0 Å². The Hall–Kier alpha value is -3.66. The third kappa shape index (κ3) is 16.0. The number of carbonyl (C=O) groups excluding carboxylic acids is 3. The number of imide groups is 1. The second kappa shape index (κ2) is 20.7. The topological polar surface area (TPSA) is 260 Å². The van der Waals surface area contributed by atoms with E-state index in [1.807, 2.05) is 55.4 Å². The number of nitrogens with zero attached hydrogens (tertiary/aromatic N) is 3. The summed E-state index contributed by atoms with van der Waals surface area (Å²) in [6, 6.07) is 3.98. The molecule has 3 rings (SSSR count). The average Bonchev–Trinajstić information content (AvgIpc) is 3.40. The van der Waals surface area contributed by atoms with Crippen LogP contribution in [0, 0.1) is 21.7 Å². The SMILES string of the molecule is CN(CC(C)(C)COCC(C)(C)CN(N)/C=C(\N)CC(C)(C)COCC(C)(C)CN1C(=O)C=CC1=O)C(=O)c1ccc(O[C@H]2CC(O)[C@@H](O)[C@@H](CO)O2)c(OS(=O)[O-])c1. The summed E-state index contributed by atoms with van der Waals surface area (Å²) in [7, 11) is 1.61. The third-order valence-corrected chi connectivity index (χ3v) is 9.73. The zero-order chi connectivity index (χ0) is 44.5. The Morgan fingerprint density at radius 2 is 1.51 bits per heavy atom. The standard InChI is InChI=1S/C40H65N5O13S/c1-37(2,22-54-25-40(7,8)21-45-32(48)12-13-33(45)49)16-27(41)17-44(42)20-39(5,6)24-55-23-38(3,4)19-43(9)36(51)26-10-11-29(30(14-26)58-59(52)53)56-34-15-28(47)35(50)31(18-46)57-34/h10-14,17,28,31,34-35,46-47,50H,15-16,18-25,41-42H2,1-9H3,(H,52,53)/p-1/b27-17-/t28?,31-,34-,35-/m1/s1. The number of benzene rings is 1. The molecule has 3 amide bonds. The monoisotopic (exact) mass is 854 g/mol. The molecule has 0 spiro atoms. The van der Waals surface area contributed by atoms with Crippen molar-refractivity contribution in [2.45, 2.75) is 92.8 Å². The van der Waals surface area contributed by atoms with Crippen LogP contribution in [0.15, 0.2) is 42.2 Å². The number of aliphatic hydroxyl groups excluding tert-OH is 3. The molecule has 0 radical (unpaired) electrons. The number of hydrogen-bond donors (Lipinski definition) is 5. The van der Waals surface area contributed by atoms with Crippen molar-refractivity contribution in [3.05, 3.63) is 47.8 Å². The molecule has 19 heteroatoms. The van der Waals surface area contributed by atoms with Crippen LogP contribution in [-0.2, 0) is 35.2 Å². The number of nitrogens with two attached hydrogens (primary N) is 2. The number of allylic oxidation sites excluding steroid dienone is 1. The van der Waals surface area contributed by atoms with Crippen molar-refractivity contribution in [1.82, 2.24) is 14.8 Å². The van der Waals surface area contributed by atoms with Crippen molar-refractivity contribution in [3.8, 4) is 11.5 Å². The summed E-state index contributed by atoms with van der Waals surface area (Å²) in [6.45, 7) is 17.6. The molecule has 7 N–H and O–H groups in total. The molecule has 0 aliphatic carbocycles. The van der Waals surface area contributed by atoms with Crippen LogP contribution in [0.1, 0.15) is 78.6 Å². The predicted molar refractivity (Wildman–Crippen MR) is 216 cm³/mol. The molecule has 5 atom stereocenters. The molecule has 18 nitrogen and oxygen atoms in total. The van der Waals surface area contributed by atoms with Gasteiger partial charge in [0.25, 0.3) is 17.7 Å². The summed E-state index contributed by atoms with van der Waals surface area (Å²) >= 11 is -3.02. The number of hydrazine groups is 1. The molecule has 0 saturated carbocycles. The largest absolute Gasteiger partial charge is 0.740 e. The van der Waals surface area contributed by atoms with Gasteiger partial charge in [-0.2, -0.15) is 0 Å². The summed E-state index contributed by atoms with van der Waals surface area (Å²) in [4.78, 5) is 40.1. The van der Waals surface area contributed by atoms with Crippen molar-refractivity contribution in [1.29, 1.82) is 0 Å². The van der Waals surface area contributed by atoms with Crippen molar-refractivity contribution < 1.29 is 61.6 Å². The lowest BCUT2D eigenvalue weighted by molar-refractivity contribution is -0.230. The summed E-state index contributed by atoms with van der Waals surface area (Å²) in [5.74, 6) is 4.91. The lowest BCUT2D eigenvalue weighted by atomic mass is 9.88. The van der Waals surface area contributed by atoms with Crippen molar-refractivity contribution in [2.24, 2.45) is 33.2 Å². The number of aliphatic hydroxyl groups is 3. The molecule has 2 aliphatic rings. The molecule has 2 heterocycles. The minimum Gasteiger partial charge on any atom is -0.740 e. The molecular formula is C40H64N5O13S-. The van der Waals surface area contributed by atoms with Crippen LogP contribution in [0.3, 0.4) is 0 Å². The zero-order valence-corrected chi connectivity index (χ0v) is 36.5. The van der Waals surface area contributed by atoms with Gasteiger partial charge in [0.1, 0.15) is 23.6 Å². The van der Waals surface area contributed by atoms with Gasteiger partial charge in [0.2, 0.25) is 6.29 Å². The molecule has 334 valence electrons. The highest BCUT2D eigenvalue weighted by molar-refractivity contribution is 7.74. The Kier molecular flexibility index (Phi) is 17.5. The van der Waals surface area contributed by atoms with Crippen molar-refractivity contribution in [3.63, 3.8) is 0 Å². The van der Waals surface area contributed by atoms with Crippen LogP contribution >= 0.6 is 0 Å². The fraction of sp³-hybridized carbons (Fsp3) is 0.675. The molecule has 0 bridgehead atoms. The number of ether oxygens (including phenoxy) is 4. The lowest BCUT2D eigenvalue weighted by Crippen LogP contribution is -2.51. The highest BCUT2D eigenvalue weighted by Gasteiger charge is 2.38. The van der Waals surface area contributed by atoms with E-state index in [-0.39, 0.29) is 59.2 Å². The van der Waals surface area contributed by atoms with E-state index in [4.69, 9.17) is 34.7 Å². The van der Waals surface area contributed by atoms with Gasteiger partial charge in [0.15, 0.2) is 11.5 Å². The van der Waals surface area contributed by atoms with E-state index in [9.17, 15) is 38.5 Å². The molecule has 1 aromatic rings. The van der Waals surface area contributed by atoms with Crippen molar-refractivity contribution in [2.75, 3.05) is 59.7 Å². The molecule has 1 saturated heterocycles.